The van der Waals surface area contributed by atoms with E-state index in [4.69, 9.17) is 0 Å². The minimum Gasteiger partial charge on any atom is -0.421 e. The minimum absolute atomic E-state index is 0.967. The third-order valence-electron chi connectivity index (χ3n) is 7.19. The molecule has 0 saturated heterocycles. The van der Waals surface area contributed by atoms with Crippen LogP contribution in [0.15, 0.2) is 164 Å². The largest absolute Gasteiger partial charge is 0.421 e. The molecule has 182 valence electrons. The van der Waals surface area contributed by atoms with Gasteiger partial charge in [0.2, 0.25) is 0 Å². The summed E-state index contributed by atoms with van der Waals surface area (Å²) in [5, 5.41) is 2.92. The Hall–Kier alpha value is -4.50. The summed E-state index contributed by atoms with van der Waals surface area (Å²) in [5.41, 5.74) is 6.75. The lowest BCUT2D eigenvalue weighted by Crippen LogP contribution is -2.68. The molecule has 0 heterocycles. The summed E-state index contributed by atoms with van der Waals surface area (Å²) in [5.74, 6) is 0. The van der Waals surface area contributed by atoms with Crippen molar-refractivity contribution >= 4 is 23.9 Å². The molecule has 6 rings (SSSR count). The maximum absolute atomic E-state index is 13.0. The van der Waals surface area contributed by atoms with E-state index in [0.29, 0.717) is 0 Å². The summed E-state index contributed by atoms with van der Waals surface area (Å²) in [6.45, 7) is 0. The highest BCUT2D eigenvalue weighted by atomic mass is 28.4. The summed E-state index contributed by atoms with van der Waals surface area (Å²) in [6, 6.07) is 56.4. The first kappa shape index (κ1) is 23.9. The van der Waals surface area contributed by atoms with Crippen molar-refractivity contribution in [1.29, 1.82) is 0 Å². The summed E-state index contributed by atoms with van der Waals surface area (Å²) in [7, 11) is -3.39. The van der Waals surface area contributed by atoms with Gasteiger partial charge in [0, 0.05) is 0 Å². The standard InChI is InChI=1S/C36H28OSi/c37-38(31-22-12-4-13-23-31,32-24-14-5-15-25-32)34-27-26-33(28-16-6-1-7-17-28)35(29-18-8-2-9-19-29)36(34)30-20-10-3-11-21-30/h1-27,37H. The highest BCUT2D eigenvalue weighted by Crippen LogP contribution is 2.39. The number of hydrogen-bond donors (Lipinski definition) is 1. The van der Waals surface area contributed by atoms with Crippen molar-refractivity contribution in [2.45, 2.75) is 0 Å². The Labute approximate surface area is 225 Å². The van der Waals surface area contributed by atoms with Crippen LogP contribution in [0.1, 0.15) is 0 Å². The molecule has 0 fully saturated rings. The van der Waals surface area contributed by atoms with Crippen LogP contribution in [0.2, 0.25) is 0 Å². The molecular formula is C36H28OSi. The fourth-order valence-electron chi connectivity index (χ4n) is 5.41. The lowest BCUT2D eigenvalue weighted by molar-refractivity contribution is 0.583. The molecule has 0 aliphatic rings. The van der Waals surface area contributed by atoms with Crippen LogP contribution >= 0.6 is 0 Å². The van der Waals surface area contributed by atoms with Crippen LogP contribution in [0, 0.1) is 0 Å². The molecule has 0 spiro atoms. The van der Waals surface area contributed by atoms with Crippen molar-refractivity contribution < 1.29 is 4.80 Å². The molecule has 0 radical (unpaired) electrons. The van der Waals surface area contributed by atoms with Crippen LogP contribution in [-0.2, 0) is 0 Å². The third-order valence-corrected chi connectivity index (χ3v) is 10.7. The van der Waals surface area contributed by atoms with Crippen LogP contribution in [-0.4, -0.2) is 13.1 Å². The third kappa shape index (κ3) is 4.30. The predicted molar refractivity (Wildman–Crippen MR) is 163 cm³/mol. The topological polar surface area (TPSA) is 20.2 Å². The Bertz CT molecular complexity index is 1590. The fourth-order valence-corrected chi connectivity index (χ4v) is 8.67. The molecule has 2 heteroatoms. The van der Waals surface area contributed by atoms with Gasteiger partial charge in [0.05, 0.1) is 0 Å². The van der Waals surface area contributed by atoms with Crippen molar-refractivity contribution in [2.75, 3.05) is 0 Å². The summed E-state index contributed by atoms with van der Waals surface area (Å²) in [4.78, 5) is 13.0. The summed E-state index contributed by atoms with van der Waals surface area (Å²) >= 11 is 0. The van der Waals surface area contributed by atoms with E-state index in [1.807, 2.05) is 42.5 Å². The second kappa shape index (κ2) is 10.5. The Morgan fingerprint density at radius 2 is 0.711 bits per heavy atom. The van der Waals surface area contributed by atoms with Gasteiger partial charge in [-0.25, -0.2) is 0 Å². The quantitative estimate of drug-likeness (QED) is 0.199. The lowest BCUT2D eigenvalue weighted by Gasteiger charge is -2.31. The zero-order valence-corrected chi connectivity index (χ0v) is 22.0. The number of benzene rings is 6. The molecule has 0 atom stereocenters. The first-order valence-electron chi connectivity index (χ1n) is 12.9. The van der Waals surface area contributed by atoms with E-state index in [9.17, 15) is 4.80 Å². The Morgan fingerprint density at radius 3 is 1.16 bits per heavy atom. The van der Waals surface area contributed by atoms with Gasteiger partial charge in [0.15, 0.2) is 0 Å². The zero-order valence-electron chi connectivity index (χ0n) is 21.0. The molecule has 0 aliphatic carbocycles. The fraction of sp³-hybridized carbons (Fsp3) is 0. The molecule has 0 amide bonds. The molecular weight excluding hydrogens is 476 g/mol. The molecule has 6 aromatic rings. The van der Waals surface area contributed by atoms with Crippen LogP contribution in [0.25, 0.3) is 33.4 Å². The maximum Gasteiger partial charge on any atom is 0.286 e. The van der Waals surface area contributed by atoms with Gasteiger partial charge < -0.3 is 4.80 Å². The maximum atomic E-state index is 13.0. The Morgan fingerprint density at radius 1 is 0.342 bits per heavy atom. The van der Waals surface area contributed by atoms with Gasteiger partial charge in [-0.3, -0.25) is 0 Å². The van der Waals surface area contributed by atoms with Crippen molar-refractivity contribution in [3.8, 4) is 33.4 Å². The normalized spacial score (nSPS) is 11.3. The van der Waals surface area contributed by atoms with E-state index in [1.165, 1.54) is 0 Å². The molecule has 0 bridgehead atoms. The SMILES string of the molecule is O[Si](c1ccccc1)(c1ccccc1)c1ccc(-c2ccccc2)c(-c2ccccc2)c1-c1ccccc1. The smallest absolute Gasteiger partial charge is 0.286 e. The van der Waals surface area contributed by atoms with Crippen LogP contribution in [0.5, 0.6) is 0 Å². The molecule has 0 aliphatic heterocycles. The van der Waals surface area contributed by atoms with Crippen LogP contribution in [0.4, 0.5) is 0 Å². The van der Waals surface area contributed by atoms with Gasteiger partial charge in [-0.05, 0) is 48.9 Å². The van der Waals surface area contributed by atoms with E-state index in [2.05, 4.69) is 121 Å². The summed E-state index contributed by atoms with van der Waals surface area (Å²) in [6.07, 6.45) is 0. The number of hydrogen-bond acceptors (Lipinski definition) is 1. The van der Waals surface area contributed by atoms with Crippen molar-refractivity contribution in [1.82, 2.24) is 0 Å². The predicted octanol–water partition coefficient (Wildman–Crippen LogP) is 6.65. The minimum atomic E-state index is -3.39. The lowest BCUT2D eigenvalue weighted by atomic mass is 9.87. The van der Waals surface area contributed by atoms with E-state index in [1.54, 1.807) is 0 Å². The van der Waals surface area contributed by atoms with Gasteiger partial charge in [-0.15, -0.1) is 0 Å². The second-order valence-electron chi connectivity index (χ2n) is 9.45. The molecule has 0 aromatic heterocycles. The van der Waals surface area contributed by atoms with Gasteiger partial charge in [-0.1, -0.05) is 164 Å². The monoisotopic (exact) mass is 504 g/mol. The highest BCUT2D eigenvalue weighted by molar-refractivity contribution is 7.07. The molecule has 1 N–H and O–H groups in total. The Kier molecular flexibility index (Phi) is 6.57. The van der Waals surface area contributed by atoms with Crippen LogP contribution in [0.3, 0.4) is 0 Å². The number of rotatable bonds is 6. The molecule has 6 aromatic carbocycles. The van der Waals surface area contributed by atoms with E-state index < -0.39 is 8.32 Å². The Balaban J connectivity index is 1.78. The van der Waals surface area contributed by atoms with Crippen molar-refractivity contribution in [2.24, 2.45) is 0 Å². The molecule has 38 heavy (non-hydrogen) atoms. The molecule has 1 nitrogen and oxygen atoms in total. The van der Waals surface area contributed by atoms with E-state index >= 15 is 0 Å². The first-order chi connectivity index (χ1) is 18.8. The van der Waals surface area contributed by atoms with Crippen molar-refractivity contribution in [3.63, 3.8) is 0 Å². The van der Waals surface area contributed by atoms with Crippen molar-refractivity contribution in [3.05, 3.63) is 164 Å². The molecule has 0 unspecified atom stereocenters. The van der Waals surface area contributed by atoms with Gasteiger partial charge in [0.1, 0.15) is 0 Å². The van der Waals surface area contributed by atoms with Crippen LogP contribution < -0.4 is 15.6 Å². The van der Waals surface area contributed by atoms with E-state index in [-0.39, 0.29) is 0 Å². The second-order valence-corrected chi connectivity index (χ2v) is 12.6. The average molecular weight is 505 g/mol. The molecule has 0 saturated carbocycles. The summed E-state index contributed by atoms with van der Waals surface area (Å²) < 4.78 is 0. The van der Waals surface area contributed by atoms with E-state index in [0.717, 1.165) is 48.9 Å². The average Bonchev–Trinajstić information content (AvgIpc) is 3.02. The zero-order chi connectivity index (χ0) is 25.8. The first-order valence-corrected chi connectivity index (χ1v) is 14.9. The van der Waals surface area contributed by atoms with Gasteiger partial charge in [0.25, 0.3) is 8.32 Å². The highest BCUT2D eigenvalue weighted by Gasteiger charge is 2.41. The van der Waals surface area contributed by atoms with Gasteiger partial charge >= 0.3 is 0 Å². The van der Waals surface area contributed by atoms with Gasteiger partial charge in [-0.2, -0.15) is 0 Å².